The molecule has 1 aromatic rings. The normalized spacial score (nSPS) is 9.92. The van der Waals surface area contributed by atoms with E-state index in [1.54, 1.807) is 0 Å². The maximum absolute atomic E-state index is 11.0. The van der Waals surface area contributed by atoms with Crippen molar-refractivity contribution in [1.82, 2.24) is 4.73 Å². The topological polar surface area (TPSA) is 69.4 Å². The number of methoxy groups -OCH3 is 1. The van der Waals surface area contributed by atoms with E-state index in [0.29, 0.717) is 15.8 Å². The second kappa shape index (κ2) is 4.46. The Labute approximate surface area is 74.5 Å². The lowest BCUT2D eigenvalue weighted by atomic mass is 10.7. The fourth-order valence-corrected chi connectivity index (χ4v) is 0.739. The van der Waals surface area contributed by atoms with Crippen molar-refractivity contribution in [3.63, 3.8) is 0 Å². The van der Waals surface area contributed by atoms with Gasteiger partial charge in [-0.25, -0.2) is 0 Å². The molecule has 72 valence electrons. The van der Waals surface area contributed by atoms with Crippen LogP contribution in [0.15, 0.2) is 18.6 Å². The van der Waals surface area contributed by atoms with Gasteiger partial charge < -0.3 is 19.4 Å². The van der Waals surface area contributed by atoms with Gasteiger partial charge in [-0.1, -0.05) is 0 Å². The Morgan fingerprint density at radius 3 is 3.08 bits per heavy atom. The summed E-state index contributed by atoms with van der Waals surface area (Å²) >= 11 is 0. The number of hydrogen-bond acceptors (Lipinski definition) is 4. The molecule has 0 spiro atoms. The predicted molar refractivity (Wildman–Crippen MR) is 43.9 cm³/mol. The molecule has 0 amide bonds. The van der Waals surface area contributed by atoms with Crippen LogP contribution in [-0.4, -0.2) is 25.1 Å². The quantitative estimate of drug-likeness (QED) is 0.481. The molecule has 6 heteroatoms. The van der Waals surface area contributed by atoms with Gasteiger partial charge in [-0.15, -0.1) is 0 Å². The van der Waals surface area contributed by atoms with E-state index in [1.807, 2.05) is 0 Å². The second-order valence-electron chi connectivity index (χ2n) is 2.29. The Morgan fingerprint density at radius 1 is 1.62 bits per heavy atom. The zero-order valence-corrected chi connectivity index (χ0v) is 7.17. The minimum atomic E-state index is -0.0328. The Balaban J connectivity index is 2.64. The maximum atomic E-state index is 11.0. The molecule has 0 radical (unpaired) electrons. The molecule has 0 aliphatic heterocycles. The van der Waals surface area contributed by atoms with Crippen LogP contribution in [0.3, 0.4) is 0 Å². The fraction of sp³-hybridized carbons (Fsp3) is 0.429. The number of aromatic nitrogens is 2. The van der Waals surface area contributed by atoms with Gasteiger partial charge >= 0.3 is 0 Å². The third-order valence-corrected chi connectivity index (χ3v) is 1.34. The monoisotopic (exact) mass is 186 g/mol. The van der Waals surface area contributed by atoms with Crippen LogP contribution in [-0.2, 0) is 4.74 Å². The fourth-order valence-electron chi connectivity index (χ4n) is 0.739. The van der Waals surface area contributed by atoms with E-state index in [4.69, 9.17) is 9.47 Å². The van der Waals surface area contributed by atoms with Crippen LogP contribution < -0.4 is 9.16 Å². The van der Waals surface area contributed by atoms with Crippen LogP contribution >= 0.6 is 0 Å². The largest absolute Gasteiger partial charge is 0.803 e. The minimum absolute atomic E-state index is 0.0328. The summed E-state index contributed by atoms with van der Waals surface area (Å²) in [5.41, 5.74) is 0. The molecular weight excluding hydrogens is 176 g/mol. The van der Waals surface area contributed by atoms with Gasteiger partial charge in [0.2, 0.25) is 6.20 Å². The van der Waals surface area contributed by atoms with Gasteiger partial charge in [-0.3, -0.25) is 0 Å². The van der Waals surface area contributed by atoms with Crippen LogP contribution in [0.5, 0.6) is 5.88 Å². The summed E-state index contributed by atoms with van der Waals surface area (Å²) in [6.07, 6.45) is 3.23. The van der Waals surface area contributed by atoms with Gasteiger partial charge in [0.25, 0.3) is 12.1 Å². The van der Waals surface area contributed by atoms with Gasteiger partial charge in [0.05, 0.1) is 17.2 Å². The highest BCUT2D eigenvalue weighted by atomic mass is 16.6. The minimum Gasteiger partial charge on any atom is -0.803 e. The summed E-state index contributed by atoms with van der Waals surface area (Å²) in [7, 11) is 1.52. The summed E-state index contributed by atoms with van der Waals surface area (Å²) in [6, 6.07) is 0. The van der Waals surface area contributed by atoms with Crippen LogP contribution in [0.2, 0.25) is 0 Å². The molecule has 0 saturated heterocycles. The Bertz CT molecular complexity index is 323. The van der Waals surface area contributed by atoms with Crippen LogP contribution in [0, 0.1) is 10.1 Å². The van der Waals surface area contributed by atoms with Crippen molar-refractivity contribution in [3.8, 4) is 5.88 Å². The molecule has 0 aromatic carbocycles. The average molecular weight is 186 g/mol. The third-order valence-electron chi connectivity index (χ3n) is 1.34. The lowest BCUT2D eigenvalue weighted by molar-refractivity contribution is -0.496. The van der Waals surface area contributed by atoms with Crippen molar-refractivity contribution < 1.29 is 13.9 Å². The SMILES string of the molecule is COCCOc1c[n+](=O)ccn1[O-]. The van der Waals surface area contributed by atoms with Crippen molar-refractivity contribution in [2.75, 3.05) is 20.3 Å². The van der Waals surface area contributed by atoms with Gasteiger partial charge in [0.15, 0.2) is 0 Å². The third kappa shape index (κ3) is 2.75. The first kappa shape index (κ1) is 9.53. The van der Waals surface area contributed by atoms with Gasteiger partial charge in [-0.05, 0) is 0 Å². The smallest absolute Gasteiger partial charge is 0.287 e. The molecule has 0 saturated carbocycles. The van der Waals surface area contributed by atoms with E-state index in [9.17, 15) is 10.1 Å². The maximum Gasteiger partial charge on any atom is 0.287 e. The molecule has 0 N–H and O–H groups in total. The molecular formula is C7H10N2O4. The predicted octanol–water partition coefficient (Wildman–Crippen LogP) is -0.226. The highest BCUT2D eigenvalue weighted by Crippen LogP contribution is 2.03. The molecule has 0 fully saturated rings. The molecule has 0 bridgehead atoms. The summed E-state index contributed by atoms with van der Waals surface area (Å²) in [5.74, 6) is -0.0328. The standard InChI is InChI=1S/C7H10N2O4/c1-12-4-5-13-7-6-8(10)2-3-9(7)11/h2-3,6H,4-5H2,1H3. The molecule has 6 nitrogen and oxygen atoms in total. The van der Waals surface area contributed by atoms with Crippen LogP contribution in [0.4, 0.5) is 0 Å². The molecule has 0 atom stereocenters. The van der Waals surface area contributed by atoms with Gasteiger partial charge in [0.1, 0.15) is 6.61 Å². The average Bonchev–Trinajstić information content (AvgIpc) is 2.11. The summed E-state index contributed by atoms with van der Waals surface area (Å²) < 4.78 is 10.6. The van der Waals surface area contributed by atoms with Crippen LogP contribution in [0.25, 0.3) is 0 Å². The summed E-state index contributed by atoms with van der Waals surface area (Å²) in [4.78, 5) is 10.7. The van der Waals surface area contributed by atoms with E-state index < -0.39 is 0 Å². The van der Waals surface area contributed by atoms with Crippen molar-refractivity contribution >= 4 is 0 Å². The first-order valence-corrected chi connectivity index (χ1v) is 3.68. The van der Waals surface area contributed by atoms with E-state index in [1.165, 1.54) is 7.11 Å². The van der Waals surface area contributed by atoms with E-state index in [2.05, 4.69) is 0 Å². The van der Waals surface area contributed by atoms with E-state index in [0.717, 1.165) is 18.6 Å². The number of rotatable bonds is 4. The molecule has 1 heterocycles. The van der Waals surface area contributed by atoms with Crippen molar-refractivity contribution in [1.29, 1.82) is 0 Å². The number of nitrogens with zero attached hydrogens (tertiary/aromatic N) is 2. The lowest BCUT2D eigenvalue weighted by Crippen LogP contribution is -2.17. The van der Waals surface area contributed by atoms with Gasteiger partial charge in [0, 0.05) is 12.0 Å². The highest BCUT2D eigenvalue weighted by Gasteiger charge is 2.01. The zero-order chi connectivity index (χ0) is 9.68. The molecule has 0 aliphatic rings. The Morgan fingerprint density at radius 2 is 2.38 bits per heavy atom. The molecule has 1 rings (SSSR count). The number of hydrogen-bond donors (Lipinski definition) is 0. The molecule has 0 aliphatic carbocycles. The van der Waals surface area contributed by atoms with E-state index in [-0.39, 0.29) is 12.5 Å². The molecule has 1 aromatic heterocycles. The summed E-state index contributed by atoms with van der Waals surface area (Å²) in [6.45, 7) is 0.608. The lowest BCUT2D eigenvalue weighted by Gasteiger charge is -2.13. The molecule has 0 unspecified atom stereocenters. The van der Waals surface area contributed by atoms with Crippen molar-refractivity contribution in [3.05, 3.63) is 28.7 Å². The first-order chi connectivity index (χ1) is 6.24. The molecule has 13 heavy (non-hydrogen) atoms. The van der Waals surface area contributed by atoms with Crippen LogP contribution in [0.1, 0.15) is 0 Å². The van der Waals surface area contributed by atoms with E-state index >= 15 is 0 Å². The zero-order valence-electron chi connectivity index (χ0n) is 7.17. The second-order valence-corrected chi connectivity index (χ2v) is 2.29. The van der Waals surface area contributed by atoms with Gasteiger partial charge in [-0.2, -0.15) is 0 Å². The van der Waals surface area contributed by atoms with Crippen molar-refractivity contribution in [2.45, 2.75) is 0 Å². The summed E-state index contributed by atoms with van der Waals surface area (Å²) in [5, 5.41) is 11.0. The Kier molecular flexibility index (Phi) is 3.27. The van der Waals surface area contributed by atoms with Crippen molar-refractivity contribution in [2.24, 2.45) is 0 Å². The highest BCUT2D eigenvalue weighted by molar-refractivity contribution is 5.03. The number of ether oxygens (including phenoxy) is 2. The Hall–Kier alpha value is -1.56. The first-order valence-electron chi connectivity index (χ1n) is 3.68.